The molecule has 0 saturated carbocycles. The number of hydrogen-bond acceptors (Lipinski definition) is 3. The lowest BCUT2D eigenvalue weighted by Crippen LogP contribution is -2.38. The predicted molar refractivity (Wildman–Crippen MR) is 125 cm³/mol. The van der Waals surface area contributed by atoms with Crippen molar-refractivity contribution in [3.63, 3.8) is 0 Å². The largest absolute Gasteiger partial charge is 0.358 e. The first-order valence-corrected chi connectivity index (χ1v) is 9.68. The summed E-state index contributed by atoms with van der Waals surface area (Å²) >= 11 is 0. The Labute approximate surface area is 183 Å². The zero-order valence-electron chi connectivity index (χ0n) is 16.6. The normalized spacial score (nSPS) is 11.4. The minimum atomic E-state index is 0. The van der Waals surface area contributed by atoms with Gasteiger partial charge in [-0.25, -0.2) is 0 Å². The zero-order valence-corrected chi connectivity index (χ0v) is 18.9. The fourth-order valence-electron chi connectivity index (χ4n) is 3.24. The molecule has 0 saturated heterocycles. The van der Waals surface area contributed by atoms with E-state index >= 15 is 0 Å². The lowest BCUT2D eigenvalue weighted by molar-refractivity contribution is 0.611. The van der Waals surface area contributed by atoms with Gasteiger partial charge >= 0.3 is 0 Å². The van der Waals surface area contributed by atoms with Crippen LogP contribution in [-0.4, -0.2) is 45.3 Å². The molecule has 0 unspecified atom stereocenters. The number of nitrogens with zero attached hydrogens (tertiary/aromatic N) is 4. The Bertz CT molecular complexity index is 855. The summed E-state index contributed by atoms with van der Waals surface area (Å²) < 4.78 is 2.00. The summed E-state index contributed by atoms with van der Waals surface area (Å²) in [6, 6.07) is 8.48. The second-order valence-corrected chi connectivity index (χ2v) is 6.62. The molecular weight excluding hydrogens is 465 g/mol. The number of unbranched alkanes of at least 4 members (excludes halogenated alkanes) is 1. The molecule has 0 atom stereocenters. The van der Waals surface area contributed by atoms with Crippen molar-refractivity contribution in [3.8, 4) is 0 Å². The summed E-state index contributed by atoms with van der Waals surface area (Å²) in [7, 11) is 0. The maximum absolute atomic E-state index is 4.68. The molecule has 2 heterocycles. The number of fused-ring (bicyclic) bond motifs is 1. The molecule has 7 nitrogen and oxygen atoms in total. The molecule has 1 aromatic carbocycles. The van der Waals surface area contributed by atoms with E-state index in [2.05, 4.69) is 68.9 Å². The summed E-state index contributed by atoms with van der Waals surface area (Å²) in [5, 5.41) is 15.7. The quantitative estimate of drug-likeness (QED) is 0.184. The van der Waals surface area contributed by atoms with Crippen LogP contribution in [0.1, 0.15) is 31.0 Å². The third-order valence-corrected chi connectivity index (χ3v) is 4.60. The number of nitrogens with one attached hydrogen (secondary N) is 3. The van der Waals surface area contributed by atoms with Gasteiger partial charge in [0.25, 0.3) is 0 Å². The van der Waals surface area contributed by atoms with E-state index in [0.717, 1.165) is 51.4 Å². The first kappa shape index (κ1) is 22.2. The smallest absolute Gasteiger partial charge is 0.191 e. The number of halogens is 1. The molecule has 0 spiro atoms. The minimum absolute atomic E-state index is 0. The van der Waals surface area contributed by atoms with Crippen molar-refractivity contribution in [2.45, 2.75) is 39.7 Å². The fourth-order valence-corrected chi connectivity index (χ4v) is 3.24. The Balaban J connectivity index is 0.00000280. The zero-order chi connectivity index (χ0) is 18.9. The third-order valence-electron chi connectivity index (χ3n) is 4.60. The van der Waals surface area contributed by atoms with Gasteiger partial charge in [0.1, 0.15) is 12.7 Å². The van der Waals surface area contributed by atoms with Gasteiger partial charge in [0.15, 0.2) is 5.96 Å². The molecule has 0 aliphatic rings. The number of H-pyrrole nitrogens is 1. The molecule has 3 N–H and O–H groups in total. The number of guanidine groups is 1. The van der Waals surface area contributed by atoms with Crippen molar-refractivity contribution in [1.29, 1.82) is 0 Å². The number of hydrogen-bond donors (Lipinski definition) is 3. The van der Waals surface area contributed by atoms with Gasteiger partial charge in [0.05, 0.1) is 0 Å². The van der Waals surface area contributed by atoms with Gasteiger partial charge in [0.2, 0.25) is 0 Å². The van der Waals surface area contributed by atoms with Crippen molar-refractivity contribution in [2.75, 3.05) is 19.6 Å². The standard InChI is InChI=1S/C20H29N7.HI/c1-3-21-20(22-11-6-7-13-27-14-24-25-15-27)23-12-10-17-16(2)26-19-9-5-4-8-18(17)19;/h4-5,8-9,14-15,26H,3,6-7,10-13H2,1-2H3,(H2,21,22,23);1H. The van der Waals surface area contributed by atoms with Crippen LogP contribution < -0.4 is 10.6 Å². The Morgan fingerprint density at radius 2 is 1.93 bits per heavy atom. The highest BCUT2D eigenvalue weighted by Gasteiger charge is 2.07. The van der Waals surface area contributed by atoms with Gasteiger partial charge in [-0.1, -0.05) is 18.2 Å². The number of benzene rings is 1. The molecule has 28 heavy (non-hydrogen) atoms. The van der Waals surface area contributed by atoms with E-state index in [0.29, 0.717) is 0 Å². The molecule has 0 aliphatic carbocycles. The van der Waals surface area contributed by atoms with Crippen LogP contribution in [0.3, 0.4) is 0 Å². The number of rotatable bonds is 9. The Hall–Kier alpha value is -2.10. The predicted octanol–water partition coefficient (Wildman–Crippen LogP) is 3.26. The molecule has 152 valence electrons. The summed E-state index contributed by atoms with van der Waals surface area (Å²) in [6.45, 7) is 7.70. The van der Waals surface area contributed by atoms with Crippen LogP contribution in [0.2, 0.25) is 0 Å². The minimum Gasteiger partial charge on any atom is -0.358 e. The number of para-hydroxylation sites is 1. The molecule has 0 amide bonds. The van der Waals surface area contributed by atoms with E-state index < -0.39 is 0 Å². The number of aromatic amines is 1. The van der Waals surface area contributed by atoms with E-state index in [-0.39, 0.29) is 24.0 Å². The second-order valence-electron chi connectivity index (χ2n) is 6.62. The van der Waals surface area contributed by atoms with Crippen LogP contribution in [0.15, 0.2) is 41.9 Å². The Morgan fingerprint density at radius 1 is 1.14 bits per heavy atom. The third kappa shape index (κ3) is 6.22. The molecule has 0 radical (unpaired) electrons. The maximum atomic E-state index is 4.68. The van der Waals surface area contributed by atoms with Gasteiger partial charge in [-0.3, -0.25) is 4.99 Å². The lowest BCUT2D eigenvalue weighted by atomic mass is 10.1. The molecule has 0 aliphatic heterocycles. The van der Waals surface area contributed by atoms with Gasteiger partial charge < -0.3 is 20.2 Å². The van der Waals surface area contributed by atoms with Crippen molar-refractivity contribution >= 4 is 40.8 Å². The van der Waals surface area contributed by atoms with Crippen LogP contribution >= 0.6 is 24.0 Å². The molecule has 2 aromatic heterocycles. The van der Waals surface area contributed by atoms with Crippen LogP contribution in [0.25, 0.3) is 10.9 Å². The average molecular weight is 495 g/mol. The first-order chi connectivity index (χ1) is 13.3. The molecule has 0 fully saturated rings. The van der Waals surface area contributed by atoms with Crippen molar-refractivity contribution < 1.29 is 0 Å². The van der Waals surface area contributed by atoms with Crippen molar-refractivity contribution in [2.24, 2.45) is 4.99 Å². The van der Waals surface area contributed by atoms with Crippen molar-refractivity contribution in [3.05, 3.63) is 48.2 Å². The van der Waals surface area contributed by atoms with Gasteiger partial charge in [-0.15, -0.1) is 34.2 Å². The fraction of sp³-hybridized carbons (Fsp3) is 0.450. The molecule has 3 rings (SSSR count). The summed E-state index contributed by atoms with van der Waals surface area (Å²) in [5.74, 6) is 0.888. The van der Waals surface area contributed by atoms with E-state index in [1.165, 1.54) is 22.2 Å². The van der Waals surface area contributed by atoms with Crippen LogP contribution in [-0.2, 0) is 13.0 Å². The van der Waals surface area contributed by atoms with Gasteiger partial charge in [-0.05, 0) is 44.7 Å². The molecule has 0 bridgehead atoms. The van der Waals surface area contributed by atoms with Crippen LogP contribution in [0, 0.1) is 6.92 Å². The van der Waals surface area contributed by atoms with E-state index in [9.17, 15) is 0 Å². The Kier molecular flexibility index (Phi) is 9.26. The number of aromatic nitrogens is 4. The molecular formula is C20H30IN7. The maximum Gasteiger partial charge on any atom is 0.191 e. The average Bonchev–Trinajstić information content (AvgIpc) is 3.29. The molecule has 3 aromatic rings. The van der Waals surface area contributed by atoms with E-state index in [1.807, 2.05) is 4.57 Å². The van der Waals surface area contributed by atoms with E-state index in [1.54, 1.807) is 12.7 Å². The highest BCUT2D eigenvalue weighted by molar-refractivity contribution is 14.0. The van der Waals surface area contributed by atoms with Crippen LogP contribution in [0.4, 0.5) is 0 Å². The summed E-state index contributed by atoms with van der Waals surface area (Å²) in [4.78, 5) is 8.15. The van der Waals surface area contributed by atoms with E-state index in [4.69, 9.17) is 0 Å². The number of aliphatic imine (C=N–C) groups is 1. The van der Waals surface area contributed by atoms with Crippen LogP contribution in [0.5, 0.6) is 0 Å². The van der Waals surface area contributed by atoms with Gasteiger partial charge in [-0.2, -0.15) is 0 Å². The van der Waals surface area contributed by atoms with Gasteiger partial charge in [0, 0.05) is 42.8 Å². The first-order valence-electron chi connectivity index (χ1n) is 9.68. The SMILES string of the molecule is CCNC(=NCCCCn1cnnc1)NCCc1c(C)[nH]c2ccccc12.I. The Morgan fingerprint density at radius 3 is 2.71 bits per heavy atom. The lowest BCUT2D eigenvalue weighted by Gasteiger charge is -2.11. The summed E-state index contributed by atoms with van der Waals surface area (Å²) in [5.41, 5.74) is 3.83. The monoisotopic (exact) mass is 495 g/mol. The van der Waals surface area contributed by atoms with Crippen molar-refractivity contribution in [1.82, 2.24) is 30.4 Å². The number of aryl methyl sites for hydroxylation is 2. The molecule has 8 heteroatoms. The highest BCUT2D eigenvalue weighted by Crippen LogP contribution is 2.21. The topological polar surface area (TPSA) is 82.9 Å². The summed E-state index contributed by atoms with van der Waals surface area (Å²) in [6.07, 6.45) is 6.57. The highest BCUT2D eigenvalue weighted by atomic mass is 127. The second kappa shape index (κ2) is 11.7.